The highest BCUT2D eigenvalue weighted by Gasteiger charge is 2.47. The van der Waals surface area contributed by atoms with Gasteiger partial charge in [0.15, 0.2) is 0 Å². The van der Waals surface area contributed by atoms with Crippen molar-refractivity contribution in [3.8, 4) is 11.5 Å². The molecule has 31 heavy (non-hydrogen) atoms. The van der Waals surface area contributed by atoms with Crippen molar-refractivity contribution >= 4 is 35.2 Å². The third-order valence-corrected chi connectivity index (χ3v) is 7.75. The van der Waals surface area contributed by atoms with Gasteiger partial charge in [0.25, 0.3) is 11.8 Å². The highest BCUT2D eigenvalue weighted by molar-refractivity contribution is 8.00. The average molecular weight is 461 g/mol. The van der Waals surface area contributed by atoms with Gasteiger partial charge in [-0.3, -0.25) is 9.59 Å². The van der Waals surface area contributed by atoms with Gasteiger partial charge in [-0.1, -0.05) is 11.6 Å². The summed E-state index contributed by atoms with van der Waals surface area (Å²) < 4.78 is 10.7. The number of halogens is 1. The second kappa shape index (κ2) is 9.01. The Morgan fingerprint density at radius 1 is 0.903 bits per heavy atom. The molecule has 164 valence electrons. The van der Waals surface area contributed by atoms with E-state index in [1.807, 2.05) is 21.6 Å². The molecule has 0 atom stereocenters. The van der Waals surface area contributed by atoms with Gasteiger partial charge in [0, 0.05) is 47.6 Å². The van der Waals surface area contributed by atoms with Crippen molar-refractivity contribution in [2.24, 2.45) is 0 Å². The number of hydrogen-bond acceptors (Lipinski definition) is 5. The number of benzene rings is 2. The van der Waals surface area contributed by atoms with Crippen LogP contribution in [0.2, 0.25) is 5.02 Å². The van der Waals surface area contributed by atoms with Gasteiger partial charge in [-0.05, 0) is 49.2 Å². The van der Waals surface area contributed by atoms with Crippen LogP contribution < -0.4 is 9.47 Å². The number of nitrogens with zero attached hydrogens (tertiary/aromatic N) is 2. The summed E-state index contributed by atoms with van der Waals surface area (Å²) >= 11 is 7.75. The molecular formula is C23H25ClN2O4S. The Labute approximate surface area is 191 Å². The fraction of sp³-hybridized carbons (Fsp3) is 0.391. The van der Waals surface area contributed by atoms with Crippen LogP contribution >= 0.6 is 23.4 Å². The Bertz CT molecular complexity index is 952. The highest BCUT2D eigenvalue weighted by Crippen LogP contribution is 2.45. The summed E-state index contributed by atoms with van der Waals surface area (Å²) in [5.74, 6) is 2.04. The molecule has 2 aliphatic rings. The molecule has 0 aliphatic carbocycles. The number of rotatable bonds is 4. The van der Waals surface area contributed by atoms with Crippen LogP contribution in [0, 0.1) is 0 Å². The van der Waals surface area contributed by atoms with Crippen molar-refractivity contribution in [2.45, 2.75) is 17.7 Å². The molecule has 0 aromatic heterocycles. The summed E-state index contributed by atoms with van der Waals surface area (Å²) in [4.78, 5) is 29.8. The maximum absolute atomic E-state index is 13.4. The zero-order valence-electron chi connectivity index (χ0n) is 17.6. The molecule has 2 aliphatic heterocycles. The van der Waals surface area contributed by atoms with Gasteiger partial charge >= 0.3 is 0 Å². The van der Waals surface area contributed by atoms with E-state index in [0.717, 1.165) is 18.6 Å². The fourth-order valence-electron chi connectivity index (χ4n) is 4.23. The molecule has 2 aromatic rings. The zero-order valence-corrected chi connectivity index (χ0v) is 19.2. The third kappa shape index (κ3) is 4.34. The van der Waals surface area contributed by atoms with Crippen LogP contribution in [0.4, 0.5) is 0 Å². The maximum Gasteiger partial charge on any atom is 0.255 e. The Hall–Kier alpha value is -2.38. The van der Waals surface area contributed by atoms with E-state index in [2.05, 4.69) is 0 Å². The molecule has 2 fully saturated rings. The summed E-state index contributed by atoms with van der Waals surface area (Å²) in [7, 11) is 3.15. The smallest absolute Gasteiger partial charge is 0.255 e. The van der Waals surface area contributed by atoms with Crippen molar-refractivity contribution in [3.63, 3.8) is 0 Å². The molecule has 2 amide bonds. The first-order valence-electron chi connectivity index (χ1n) is 10.2. The lowest BCUT2D eigenvalue weighted by molar-refractivity contribution is 0.0497. The molecule has 0 N–H and O–H groups in total. The van der Waals surface area contributed by atoms with Gasteiger partial charge in [-0.2, -0.15) is 0 Å². The highest BCUT2D eigenvalue weighted by atomic mass is 35.5. The molecule has 0 bridgehead atoms. The van der Waals surface area contributed by atoms with Crippen LogP contribution in [0.3, 0.4) is 0 Å². The number of ether oxygens (including phenoxy) is 2. The van der Waals surface area contributed by atoms with Gasteiger partial charge < -0.3 is 19.3 Å². The van der Waals surface area contributed by atoms with Crippen molar-refractivity contribution in [1.29, 1.82) is 0 Å². The number of carbonyl (C=O) groups is 2. The lowest BCUT2D eigenvalue weighted by Gasteiger charge is -2.44. The maximum atomic E-state index is 13.4. The van der Waals surface area contributed by atoms with E-state index in [0.29, 0.717) is 47.3 Å². The largest absolute Gasteiger partial charge is 0.497 e. The number of piperidine rings is 1. The van der Waals surface area contributed by atoms with Crippen molar-refractivity contribution in [1.82, 2.24) is 9.80 Å². The first-order valence-corrected chi connectivity index (χ1v) is 11.6. The lowest BCUT2D eigenvalue weighted by Crippen LogP contribution is -2.53. The van der Waals surface area contributed by atoms with E-state index in [9.17, 15) is 9.59 Å². The Morgan fingerprint density at radius 3 is 2.10 bits per heavy atom. The van der Waals surface area contributed by atoms with E-state index >= 15 is 0 Å². The van der Waals surface area contributed by atoms with Crippen molar-refractivity contribution in [3.05, 3.63) is 58.6 Å². The van der Waals surface area contributed by atoms with Crippen LogP contribution in [-0.2, 0) is 0 Å². The number of methoxy groups -OCH3 is 2. The Balaban J connectivity index is 1.49. The number of thioether (sulfide) groups is 1. The molecule has 2 saturated heterocycles. The summed E-state index contributed by atoms with van der Waals surface area (Å²) in [6.07, 6.45) is 1.48. The van der Waals surface area contributed by atoms with Gasteiger partial charge in [-0.25, -0.2) is 0 Å². The second-order valence-corrected chi connectivity index (χ2v) is 9.55. The first-order chi connectivity index (χ1) is 15.0. The van der Waals surface area contributed by atoms with E-state index in [4.69, 9.17) is 21.1 Å². The van der Waals surface area contributed by atoms with E-state index in [-0.39, 0.29) is 16.7 Å². The van der Waals surface area contributed by atoms with E-state index < -0.39 is 0 Å². The van der Waals surface area contributed by atoms with Crippen LogP contribution in [0.15, 0.2) is 42.5 Å². The number of amides is 2. The third-order valence-electron chi connectivity index (χ3n) is 5.94. The Kier molecular flexibility index (Phi) is 6.34. The molecule has 4 rings (SSSR count). The van der Waals surface area contributed by atoms with Crippen LogP contribution in [0.25, 0.3) is 0 Å². The molecule has 0 saturated carbocycles. The van der Waals surface area contributed by atoms with Crippen molar-refractivity contribution in [2.75, 3.05) is 39.6 Å². The number of likely N-dealkylation sites (tertiary alicyclic amines) is 1. The summed E-state index contributed by atoms with van der Waals surface area (Å²) in [5, 5.41) is 0.611. The van der Waals surface area contributed by atoms with Crippen molar-refractivity contribution < 1.29 is 19.1 Å². The number of carbonyl (C=O) groups excluding carboxylic acids is 2. The van der Waals surface area contributed by atoms with Gasteiger partial charge in [0.05, 0.1) is 19.1 Å². The first kappa shape index (κ1) is 21.8. The minimum Gasteiger partial charge on any atom is -0.497 e. The molecule has 0 radical (unpaired) electrons. The number of hydrogen-bond donors (Lipinski definition) is 0. The molecular weight excluding hydrogens is 436 g/mol. The monoisotopic (exact) mass is 460 g/mol. The van der Waals surface area contributed by atoms with Gasteiger partial charge in [0.1, 0.15) is 11.5 Å². The Morgan fingerprint density at radius 2 is 1.52 bits per heavy atom. The average Bonchev–Trinajstić information content (AvgIpc) is 3.21. The van der Waals surface area contributed by atoms with Crippen LogP contribution in [-0.4, -0.2) is 66.1 Å². The van der Waals surface area contributed by atoms with Crippen LogP contribution in [0.1, 0.15) is 33.6 Å². The second-order valence-electron chi connectivity index (χ2n) is 7.65. The van der Waals surface area contributed by atoms with Crippen LogP contribution in [0.5, 0.6) is 11.5 Å². The van der Waals surface area contributed by atoms with E-state index in [1.54, 1.807) is 56.7 Å². The predicted molar refractivity (Wildman–Crippen MR) is 122 cm³/mol. The van der Waals surface area contributed by atoms with Gasteiger partial charge in [0.2, 0.25) is 0 Å². The zero-order chi connectivity index (χ0) is 22.0. The topological polar surface area (TPSA) is 59.1 Å². The molecule has 2 aromatic carbocycles. The molecule has 6 nitrogen and oxygen atoms in total. The lowest BCUT2D eigenvalue weighted by atomic mass is 10.00. The molecule has 1 spiro atoms. The molecule has 8 heteroatoms. The minimum atomic E-state index is -0.288. The quantitative estimate of drug-likeness (QED) is 0.685. The SMILES string of the molecule is COc1cc(OC)cc(C(=O)N2CCSC23CCN(C(=O)c2ccc(Cl)cc2)CC3)c1. The standard InChI is InChI=1S/C23H25ClN2O4S/c1-29-19-13-17(14-20(15-19)30-2)22(28)26-11-12-31-23(26)7-9-25(10-8-23)21(27)16-3-5-18(24)6-4-16/h3-6,13-15H,7-12H2,1-2H3. The van der Waals surface area contributed by atoms with E-state index in [1.165, 1.54) is 0 Å². The fourth-order valence-corrected chi connectivity index (χ4v) is 5.81. The summed E-state index contributed by atoms with van der Waals surface area (Å²) in [5.41, 5.74) is 1.19. The van der Waals surface area contributed by atoms with Gasteiger partial charge in [-0.15, -0.1) is 11.8 Å². The summed E-state index contributed by atoms with van der Waals surface area (Å²) in [6, 6.07) is 12.2. The summed E-state index contributed by atoms with van der Waals surface area (Å²) in [6.45, 7) is 1.91. The normalized spacial score (nSPS) is 17.6. The molecule has 0 unspecified atom stereocenters. The molecule has 2 heterocycles. The predicted octanol–water partition coefficient (Wildman–Crippen LogP) is 4.18. The minimum absolute atomic E-state index is 0.00456.